The van der Waals surface area contributed by atoms with Crippen molar-refractivity contribution < 1.29 is 9.47 Å². The number of hydrogen-bond acceptors (Lipinski definition) is 3. The molecule has 0 aliphatic carbocycles. The van der Waals surface area contributed by atoms with Gasteiger partial charge in [-0.3, -0.25) is 0 Å². The molecule has 21 heavy (non-hydrogen) atoms. The van der Waals surface area contributed by atoms with Gasteiger partial charge < -0.3 is 14.8 Å². The monoisotopic (exact) mass is 349 g/mol. The Kier molecular flexibility index (Phi) is 5.65. The maximum atomic E-state index is 5.75. The highest BCUT2D eigenvalue weighted by molar-refractivity contribution is 9.10. The van der Waals surface area contributed by atoms with Gasteiger partial charge in [-0.15, -0.1) is 0 Å². The van der Waals surface area contributed by atoms with Gasteiger partial charge in [-0.25, -0.2) is 0 Å². The van der Waals surface area contributed by atoms with Crippen molar-refractivity contribution in [2.45, 2.75) is 13.0 Å². The first-order chi connectivity index (χ1) is 10.2. The summed E-state index contributed by atoms with van der Waals surface area (Å²) in [6, 6.07) is 14.1. The minimum absolute atomic E-state index is 0.01000. The van der Waals surface area contributed by atoms with Crippen molar-refractivity contribution in [3.05, 3.63) is 58.1 Å². The highest BCUT2D eigenvalue weighted by atomic mass is 79.9. The number of benzene rings is 2. The Bertz CT molecular complexity index is 601. The minimum atomic E-state index is 0.01000. The van der Waals surface area contributed by atoms with Crippen LogP contribution in [-0.4, -0.2) is 20.8 Å². The lowest BCUT2D eigenvalue weighted by Gasteiger charge is -2.22. The molecule has 1 atom stereocenters. The van der Waals surface area contributed by atoms with E-state index in [2.05, 4.69) is 33.4 Å². The molecule has 0 amide bonds. The molecule has 0 spiro atoms. The van der Waals surface area contributed by atoms with Crippen LogP contribution in [-0.2, 0) is 0 Å². The molecule has 0 aromatic heterocycles. The molecule has 0 heterocycles. The van der Waals surface area contributed by atoms with Gasteiger partial charge in [-0.1, -0.05) is 40.2 Å². The van der Waals surface area contributed by atoms with Crippen molar-refractivity contribution in [1.29, 1.82) is 0 Å². The zero-order valence-corrected chi connectivity index (χ0v) is 14.1. The van der Waals surface area contributed by atoms with Gasteiger partial charge in [0.1, 0.15) is 11.5 Å². The van der Waals surface area contributed by atoms with E-state index in [1.54, 1.807) is 7.11 Å². The second-order valence-corrected chi connectivity index (χ2v) is 5.49. The maximum Gasteiger partial charge on any atom is 0.125 e. The van der Waals surface area contributed by atoms with Crippen LogP contribution in [0.3, 0.4) is 0 Å². The van der Waals surface area contributed by atoms with Gasteiger partial charge >= 0.3 is 0 Å². The van der Waals surface area contributed by atoms with Crippen LogP contribution in [0.25, 0.3) is 0 Å². The summed E-state index contributed by atoms with van der Waals surface area (Å²) < 4.78 is 12.3. The van der Waals surface area contributed by atoms with E-state index >= 15 is 0 Å². The second-order valence-electron chi connectivity index (χ2n) is 4.58. The van der Waals surface area contributed by atoms with E-state index in [-0.39, 0.29) is 6.04 Å². The summed E-state index contributed by atoms with van der Waals surface area (Å²) in [4.78, 5) is 0. The zero-order chi connectivity index (χ0) is 15.2. The molecule has 3 nitrogen and oxygen atoms in total. The molecule has 0 saturated carbocycles. The van der Waals surface area contributed by atoms with E-state index in [1.165, 1.54) is 0 Å². The normalized spacial score (nSPS) is 12.0. The maximum absolute atomic E-state index is 5.75. The molecule has 2 rings (SSSR count). The predicted octanol–water partition coefficient (Wildman–Crippen LogP) is 4.17. The smallest absolute Gasteiger partial charge is 0.125 e. The van der Waals surface area contributed by atoms with Crippen LogP contribution in [0.2, 0.25) is 0 Å². The molecule has 0 aliphatic rings. The molecule has 1 unspecified atom stereocenters. The fraction of sp³-hybridized carbons (Fsp3) is 0.294. The quantitative estimate of drug-likeness (QED) is 0.848. The third-order valence-electron chi connectivity index (χ3n) is 3.33. The van der Waals surface area contributed by atoms with Crippen LogP contribution >= 0.6 is 15.9 Å². The number of para-hydroxylation sites is 1. The van der Waals surface area contributed by atoms with Crippen molar-refractivity contribution in [2.24, 2.45) is 0 Å². The largest absolute Gasteiger partial charge is 0.496 e. The van der Waals surface area contributed by atoms with Crippen LogP contribution in [0.15, 0.2) is 46.9 Å². The van der Waals surface area contributed by atoms with Gasteiger partial charge in [-0.05, 0) is 32.2 Å². The molecule has 0 radical (unpaired) electrons. The molecule has 0 bridgehead atoms. The summed E-state index contributed by atoms with van der Waals surface area (Å²) in [6.45, 7) is 2.64. The molecule has 1 N–H and O–H groups in total. The Morgan fingerprint density at radius 1 is 1.10 bits per heavy atom. The first-order valence-corrected chi connectivity index (χ1v) is 7.73. The first-order valence-electron chi connectivity index (χ1n) is 6.93. The molecule has 0 fully saturated rings. The van der Waals surface area contributed by atoms with Gasteiger partial charge in [0, 0.05) is 15.6 Å². The van der Waals surface area contributed by atoms with Gasteiger partial charge in [-0.2, -0.15) is 0 Å². The summed E-state index contributed by atoms with van der Waals surface area (Å²) in [7, 11) is 3.63. The number of hydrogen-bond donors (Lipinski definition) is 1. The van der Waals surface area contributed by atoms with Gasteiger partial charge in [0.15, 0.2) is 0 Å². The van der Waals surface area contributed by atoms with Gasteiger partial charge in [0.2, 0.25) is 0 Å². The van der Waals surface area contributed by atoms with Crippen LogP contribution < -0.4 is 14.8 Å². The SMILES string of the molecule is CCOc1ccccc1C(NC)c1ccc(Br)cc1OC. The Labute approximate surface area is 134 Å². The number of methoxy groups -OCH3 is 1. The molecule has 2 aromatic carbocycles. The zero-order valence-electron chi connectivity index (χ0n) is 12.5. The lowest BCUT2D eigenvalue weighted by atomic mass is 9.97. The summed E-state index contributed by atoms with van der Waals surface area (Å²) >= 11 is 3.48. The highest BCUT2D eigenvalue weighted by Crippen LogP contribution is 2.35. The summed E-state index contributed by atoms with van der Waals surface area (Å²) in [5.74, 6) is 1.74. The molecular formula is C17H20BrNO2. The van der Waals surface area contributed by atoms with E-state index in [9.17, 15) is 0 Å². The Hall–Kier alpha value is -1.52. The third kappa shape index (κ3) is 3.57. The van der Waals surface area contributed by atoms with Crippen molar-refractivity contribution >= 4 is 15.9 Å². The topological polar surface area (TPSA) is 30.5 Å². The van der Waals surface area contributed by atoms with Crippen molar-refractivity contribution in [3.63, 3.8) is 0 Å². The Morgan fingerprint density at radius 2 is 1.81 bits per heavy atom. The second kappa shape index (κ2) is 7.48. The van der Waals surface area contributed by atoms with E-state index < -0.39 is 0 Å². The van der Waals surface area contributed by atoms with Crippen LogP contribution in [0.1, 0.15) is 24.1 Å². The molecule has 2 aromatic rings. The molecule has 112 valence electrons. The van der Waals surface area contributed by atoms with Crippen molar-refractivity contribution in [3.8, 4) is 11.5 Å². The molecule has 4 heteroatoms. The first kappa shape index (κ1) is 15.9. The summed E-state index contributed by atoms with van der Waals surface area (Å²) in [5, 5.41) is 3.35. The lowest BCUT2D eigenvalue weighted by molar-refractivity contribution is 0.333. The number of nitrogens with one attached hydrogen (secondary N) is 1. The number of rotatable bonds is 6. The van der Waals surface area contributed by atoms with Gasteiger partial charge in [0.05, 0.1) is 19.8 Å². The van der Waals surface area contributed by atoms with Crippen molar-refractivity contribution in [1.82, 2.24) is 5.32 Å². The fourth-order valence-electron chi connectivity index (χ4n) is 2.41. The number of ether oxygens (including phenoxy) is 2. The van der Waals surface area contributed by atoms with Crippen LogP contribution in [0, 0.1) is 0 Å². The lowest BCUT2D eigenvalue weighted by Crippen LogP contribution is -2.19. The van der Waals surface area contributed by atoms with E-state index in [0.29, 0.717) is 6.61 Å². The van der Waals surface area contributed by atoms with E-state index in [0.717, 1.165) is 27.1 Å². The van der Waals surface area contributed by atoms with E-state index in [4.69, 9.17) is 9.47 Å². The summed E-state index contributed by atoms with van der Waals surface area (Å²) in [5.41, 5.74) is 2.18. The summed E-state index contributed by atoms with van der Waals surface area (Å²) in [6.07, 6.45) is 0. The average Bonchev–Trinajstić information content (AvgIpc) is 2.51. The van der Waals surface area contributed by atoms with Gasteiger partial charge in [0.25, 0.3) is 0 Å². The Morgan fingerprint density at radius 3 is 2.48 bits per heavy atom. The highest BCUT2D eigenvalue weighted by Gasteiger charge is 2.20. The minimum Gasteiger partial charge on any atom is -0.496 e. The number of halogens is 1. The van der Waals surface area contributed by atoms with Crippen molar-refractivity contribution in [2.75, 3.05) is 20.8 Å². The standard InChI is InChI=1S/C17H20BrNO2/c1-4-21-15-8-6-5-7-13(15)17(19-2)14-10-9-12(18)11-16(14)20-3/h5-11,17,19H,4H2,1-3H3. The fourth-order valence-corrected chi connectivity index (χ4v) is 2.75. The predicted molar refractivity (Wildman–Crippen MR) is 89.2 cm³/mol. The van der Waals surface area contributed by atoms with Crippen LogP contribution in [0.5, 0.6) is 11.5 Å². The van der Waals surface area contributed by atoms with E-state index in [1.807, 2.05) is 44.3 Å². The third-order valence-corrected chi connectivity index (χ3v) is 3.82. The molecular weight excluding hydrogens is 330 g/mol. The molecule has 0 aliphatic heterocycles. The molecule has 0 saturated heterocycles. The average molecular weight is 350 g/mol. The Balaban J connectivity index is 2.49. The van der Waals surface area contributed by atoms with Crippen LogP contribution in [0.4, 0.5) is 0 Å².